The van der Waals surface area contributed by atoms with E-state index in [9.17, 15) is 9.59 Å². The number of unbranched alkanes of at least 4 members (excludes halogenated alkanes) is 3. The summed E-state index contributed by atoms with van der Waals surface area (Å²) >= 11 is 0. The average Bonchev–Trinajstić information content (AvgIpc) is 2.21. The van der Waals surface area contributed by atoms with Crippen molar-refractivity contribution in [2.75, 3.05) is 0 Å². The summed E-state index contributed by atoms with van der Waals surface area (Å²) in [7, 11) is 0. The average molecular weight is 213 g/mol. The molecule has 2 N–H and O–H groups in total. The van der Waals surface area contributed by atoms with Gasteiger partial charge in [0.05, 0.1) is 0 Å². The minimum Gasteiger partial charge on any atom is -0.480 e. The van der Waals surface area contributed by atoms with Crippen LogP contribution in [0.15, 0.2) is 12.2 Å². The minimum atomic E-state index is -1.000. The summed E-state index contributed by atoms with van der Waals surface area (Å²) in [6.07, 6.45) is 9.03. The molecule has 0 aromatic carbocycles. The first-order chi connectivity index (χ1) is 7.22. The Morgan fingerprint density at radius 3 is 2.67 bits per heavy atom. The topological polar surface area (TPSA) is 66.4 Å². The lowest BCUT2D eigenvalue weighted by Crippen LogP contribution is -2.35. The molecule has 0 aliphatic heterocycles. The van der Waals surface area contributed by atoms with Gasteiger partial charge in [-0.05, 0) is 19.3 Å². The Labute approximate surface area is 90.4 Å². The van der Waals surface area contributed by atoms with Crippen molar-refractivity contribution in [1.82, 2.24) is 5.32 Å². The Morgan fingerprint density at radius 2 is 2.13 bits per heavy atom. The Morgan fingerprint density at radius 1 is 1.40 bits per heavy atom. The number of hydrogen-bond acceptors (Lipinski definition) is 2. The highest BCUT2D eigenvalue weighted by atomic mass is 16.4. The predicted octanol–water partition coefficient (Wildman–Crippen LogP) is 1.71. The first-order valence-electron chi connectivity index (χ1n) is 5.29. The molecule has 0 spiro atoms. The lowest BCUT2D eigenvalue weighted by Gasteiger charge is -2.07. The van der Waals surface area contributed by atoms with Crippen LogP contribution in [0.2, 0.25) is 0 Å². The Bertz CT molecular complexity index is 214. The zero-order valence-electron chi connectivity index (χ0n) is 9.11. The number of amides is 1. The summed E-state index contributed by atoms with van der Waals surface area (Å²) in [5.74, 6) is -1.000. The number of carbonyl (C=O) groups is 2. The molecule has 0 aromatic rings. The Hall–Kier alpha value is -1.32. The number of nitrogens with one attached hydrogen (secondary N) is 1. The van der Waals surface area contributed by atoms with Gasteiger partial charge in [-0.3, -0.25) is 4.79 Å². The van der Waals surface area contributed by atoms with Gasteiger partial charge in [0, 0.05) is 0 Å². The molecule has 0 saturated heterocycles. The van der Waals surface area contributed by atoms with E-state index in [0.717, 1.165) is 12.8 Å². The first-order valence-corrected chi connectivity index (χ1v) is 5.29. The molecule has 0 saturated carbocycles. The summed E-state index contributed by atoms with van der Waals surface area (Å²) < 4.78 is 0. The molecule has 15 heavy (non-hydrogen) atoms. The summed E-state index contributed by atoms with van der Waals surface area (Å²) in [5, 5.41) is 10.9. The van der Waals surface area contributed by atoms with E-state index in [-0.39, 0.29) is 0 Å². The minimum absolute atomic E-state index is 0.347. The van der Waals surface area contributed by atoms with E-state index in [4.69, 9.17) is 5.11 Å². The summed E-state index contributed by atoms with van der Waals surface area (Å²) in [6.45, 7) is 2.14. The van der Waals surface area contributed by atoms with Gasteiger partial charge in [-0.1, -0.05) is 31.9 Å². The van der Waals surface area contributed by atoms with Crippen LogP contribution >= 0.6 is 0 Å². The van der Waals surface area contributed by atoms with Crippen molar-refractivity contribution in [2.45, 2.75) is 45.1 Å². The van der Waals surface area contributed by atoms with E-state index < -0.39 is 12.0 Å². The number of carboxylic acid groups (broad SMARTS) is 1. The van der Waals surface area contributed by atoms with Gasteiger partial charge in [-0.15, -0.1) is 0 Å². The highest BCUT2D eigenvalue weighted by Gasteiger charge is 2.13. The van der Waals surface area contributed by atoms with Crippen molar-refractivity contribution in [2.24, 2.45) is 0 Å². The number of carbonyl (C=O) groups excluding carboxylic acids is 1. The molecule has 1 unspecified atom stereocenters. The number of allylic oxidation sites excluding steroid dienone is 1. The van der Waals surface area contributed by atoms with E-state index in [1.165, 1.54) is 12.8 Å². The zero-order chi connectivity index (χ0) is 11.5. The van der Waals surface area contributed by atoms with E-state index in [2.05, 4.69) is 12.2 Å². The van der Waals surface area contributed by atoms with Gasteiger partial charge in [0.25, 0.3) is 0 Å². The third-order valence-electron chi connectivity index (χ3n) is 2.08. The number of carboxylic acids is 1. The molecule has 0 fully saturated rings. The van der Waals surface area contributed by atoms with Crippen LogP contribution in [0.4, 0.5) is 0 Å². The molecule has 1 atom stereocenters. The first kappa shape index (κ1) is 13.7. The lowest BCUT2D eigenvalue weighted by atomic mass is 10.1. The monoisotopic (exact) mass is 213 g/mol. The molecule has 0 bridgehead atoms. The van der Waals surface area contributed by atoms with E-state index >= 15 is 0 Å². The van der Waals surface area contributed by atoms with Crippen LogP contribution < -0.4 is 5.32 Å². The number of rotatable bonds is 9. The predicted molar refractivity (Wildman–Crippen MR) is 58.5 cm³/mol. The van der Waals surface area contributed by atoms with Crippen molar-refractivity contribution in [3.8, 4) is 0 Å². The van der Waals surface area contributed by atoms with Crippen molar-refractivity contribution in [3.05, 3.63) is 12.2 Å². The van der Waals surface area contributed by atoms with E-state index in [0.29, 0.717) is 12.8 Å². The summed E-state index contributed by atoms with van der Waals surface area (Å²) in [6, 6.07) is -0.801. The Balaban J connectivity index is 3.68. The van der Waals surface area contributed by atoms with Gasteiger partial charge < -0.3 is 10.4 Å². The largest absolute Gasteiger partial charge is 0.480 e. The zero-order valence-corrected chi connectivity index (χ0v) is 9.11. The van der Waals surface area contributed by atoms with Crippen LogP contribution in [-0.4, -0.2) is 23.5 Å². The van der Waals surface area contributed by atoms with Crippen LogP contribution in [0.25, 0.3) is 0 Å². The van der Waals surface area contributed by atoms with Crippen LogP contribution in [-0.2, 0) is 9.59 Å². The molecule has 0 radical (unpaired) electrons. The van der Waals surface area contributed by atoms with E-state index in [1.54, 1.807) is 0 Å². The molecule has 4 nitrogen and oxygen atoms in total. The second-order valence-corrected chi connectivity index (χ2v) is 3.38. The van der Waals surface area contributed by atoms with Gasteiger partial charge in [-0.25, -0.2) is 4.79 Å². The molecule has 0 rings (SSSR count). The second-order valence-electron chi connectivity index (χ2n) is 3.38. The fourth-order valence-corrected chi connectivity index (χ4v) is 1.18. The smallest absolute Gasteiger partial charge is 0.326 e. The molecule has 0 aliphatic rings. The van der Waals surface area contributed by atoms with E-state index in [1.807, 2.05) is 12.2 Å². The molecule has 4 heteroatoms. The number of hydrogen-bond donors (Lipinski definition) is 2. The quantitative estimate of drug-likeness (QED) is 0.348. The Kier molecular flexibility index (Phi) is 8.43. The molecular weight excluding hydrogens is 194 g/mol. The van der Waals surface area contributed by atoms with Crippen molar-refractivity contribution in [3.63, 3.8) is 0 Å². The third kappa shape index (κ3) is 7.73. The molecule has 1 amide bonds. The normalized spacial score (nSPS) is 12.6. The van der Waals surface area contributed by atoms with Crippen LogP contribution in [0.1, 0.15) is 39.0 Å². The third-order valence-corrected chi connectivity index (χ3v) is 2.08. The van der Waals surface area contributed by atoms with Gasteiger partial charge in [0.2, 0.25) is 6.41 Å². The maximum Gasteiger partial charge on any atom is 0.326 e. The van der Waals surface area contributed by atoms with Gasteiger partial charge >= 0.3 is 5.97 Å². The molecule has 0 aliphatic carbocycles. The fourth-order valence-electron chi connectivity index (χ4n) is 1.18. The maximum absolute atomic E-state index is 10.6. The summed E-state index contributed by atoms with van der Waals surface area (Å²) in [4.78, 5) is 20.7. The highest BCUT2D eigenvalue weighted by Crippen LogP contribution is 2.01. The standard InChI is InChI=1S/C11H19NO3/c1-2-3-4-5-6-7-8-10(11(14)15)12-9-13/h6-7,9-10H,2-5,8H2,1H3,(H,12,13)(H,14,15)/b7-6-. The molecule has 86 valence electrons. The molecule has 0 aromatic heterocycles. The SMILES string of the molecule is CCCCC/C=C\CC(NC=O)C(=O)O. The highest BCUT2D eigenvalue weighted by molar-refractivity contribution is 5.76. The van der Waals surface area contributed by atoms with Crippen molar-refractivity contribution >= 4 is 12.4 Å². The molecular formula is C11H19NO3. The van der Waals surface area contributed by atoms with Gasteiger partial charge in [-0.2, -0.15) is 0 Å². The van der Waals surface area contributed by atoms with Crippen molar-refractivity contribution in [1.29, 1.82) is 0 Å². The van der Waals surface area contributed by atoms with Crippen LogP contribution in [0.5, 0.6) is 0 Å². The van der Waals surface area contributed by atoms with Crippen LogP contribution in [0.3, 0.4) is 0 Å². The van der Waals surface area contributed by atoms with Crippen molar-refractivity contribution < 1.29 is 14.7 Å². The maximum atomic E-state index is 10.6. The van der Waals surface area contributed by atoms with Gasteiger partial charge in [0.15, 0.2) is 0 Å². The fraction of sp³-hybridized carbons (Fsp3) is 0.636. The number of aliphatic carboxylic acids is 1. The summed E-state index contributed by atoms with van der Waals surface area (Å²) in [5.41, 5.74) is 0. The van der Waals surface area contributed by atoms with Gasteiger partial charge in [0.1, 0.15) is 6.04 Å². The lowest BCUT2D eigenvalue weighted by molar-refractivity contribution is -0.140. The molecule has 0 heterocycles. The second kappa shape index (κ2) is 9.24. The van der Waals surface area contributed by atoms with Crippen LogP contribution in [0, 0.1) is 0 Å².